The molecular formula is C20H34N2O3. The lowest BCUT2D eigenvalue weighted by atomic mass is 10.0. The molecule has 0 saturated carbocycles. The number of hydrogen-bond donors (Lipinski definition) is 3. The summed E-state index contributed by atoms with van der Waals surface area (Å²) in [6.45, 7) is 8.95. The van der Waals surface area contributed by atoms with Crippen molar-refractivity contribution in [2.45, 2.75) is 71.1 Å². The highest BCUT2D eigenvalue weighted by molar-refractivity contribution is 5.68. The number of amides is 1. The van der Waals surface area contributed by atoms with Crippen LogP contribution in [-0.4, -0.2) is 42.0 Å². The summed E-state index contributed by atoms with van der Waals surface area (Å²) in [6.07, 6.45) is 2.80. The van der Waals surface area contributed by atoms with Crippen molar-refractivity contribution in [3.05, 3.63) is 35.9 Å². The van der Waals surface area contributed by atoms with Crippen LogP contribution in [0.25, 0.3) is 0 Å². The van der Waals surface area contributed by atoms with E-state index in [1.54, 1.807) is 0 Å². The molecule has 0 aliphatic heterocycles. The fourth-order valence-corrected chi connectivity index (χ4v) is 2.50. The van der Waals surface area contributed by atoms with E-state index in [-0.39, 0.29) is 0 Å². The first-order valence-electron chi connectivity index (χ1n) is 9.24. The van der Waals surface area contributed by atoms with Gasteiger partial charge in [-0.3, -0.25) is 0 Å². The van der Waals surface area contributed by atoms with Gasteiger partial charge in [-0.05, 0) is 45.7 Å². The smallest absolute Gasteiger partial charge is 0.407 e. The Balaban J connectivity index is 2.61. The first-order chi connectivity index (χ1) is 11.8. The van der Waals surface area contributed by atoms with Gasteiger partial charge in [0.1, 0.15) is 5.60 Å². The Kier molecular flexibility index (Phi) is 9.53. The SMILES string of the molecule is CCCCCNC[C@@H](O)[C@H](Cc1ccccc1)NC(=O)OC(C)(C)C. The molecule has 0 aromatic heterocycles. The van der Waals surface area contributed by atoms with Crippen molar-refractivity contribution >= 4 is 6.09 Å². The van der Waals surface area contributed by atoms with Gasteiger partial charge in [0.25, 0.3) is 0 Å². The number of rotatable bonds is 10. The zero-order chi connectivity index (χ0) is 18.7. The van der Waals surface area contributed by atoms with Gasteiger partial charge >= 0.3 is 6.09 Å². The second-order valence-corrected chi connectivity index (χ2v) is 7.42. The highest BCUT2D eigenvalue weighted by Crippen LogP contribution is 2.10. The molecule has 25 heavy (non-hydrogen) atoms. The minimum absolute atomic E-state index is 0.407. The Bertz CT molecular complexity index is 485. The summed E-state index contributed by atoms with van der Waals surface area (Å²) in [5, 5.41) is 16.6. The Labute approximate surface area is 152 Å². The quantitative estimate of drug-likeness (QED) is 0.567. The highest BCUT2D eigenvalue weighted by Gasteiger charge is 2.24. The number of carbonyl (C=O) groups is 1. The number of hydrogen-bond acceptors (Lipinski definition) is 4. The van der Waals surface area contributed by atoms with Crippen LogP contribution in [0, 0.1) is 0 Å². The Hall–Kier alpha value is -1.59. The van der Waals surface area contributed by atoms with Gasteiger partial charge in [-0.2, -0.15) is 0 Å². The maximum absolute atomic E-state index is 12.1. The minimum atomic E-state index is -0.686. The lowest BCUT2D eigenvalue weighted by molar-refractivity contribution is 0.0422. The molecule has 5 heteroatoms. The van der Waals surface area contributed by atoms with Gasteiger partial charge in [-0.25, -0.2) is 4.79 Å². The Morgan fingerprint density at radius 2 is 1.88 bits per heavy atom. The van der Waals surface area contributed by atoms with Crippen LogP contribution in [-0.2, 0) is 11.2 Å². The van der Waals surface area contributed by atoms with Crippen molar-refractivity contribution in [2.75, 3.05) is 13.1 Å². The van der Waals surface area contributed by atoms with Gasteiger partial charge in [-0.1, -0.05) is 50.1 Å². The van der Waals surface area contributed by atoms with E-state index in [2.05, 4.69) is 17.6 Å². The van der Waals surface area contributed by atoms with E-state index in [4.69, 9.17) is 4.74 Å². The number of ether oxygens (including phenoxy) is 1. The molecule has 0 saturated heterocycles. The largest absolute Gasteiger partial charge is 0.444 e. The summed E-state index contributed by atoms with van der Waals surface area (Å²) in [4.78, 5) is 12.1. The second-order valence-electron chi connectivity index (χ2n) is 7.42. The molecule has 1 aromatic rings. The van der Waals surface area contributed by atoms with E-state index in [9.17, 15) is 9.90 Å². The number of carbonyl (C=O) groups excluding carboxylic acids is 1. The summed E-state index contributed by atoms with van der Waals surface area (Å²) >= 11 is 0. The van der Waals surface area contributed by atoms with Crippen LogP contribution >= 0.6 is 0 Å². The van der Waals surface area contributed by atoms with Gasteiger partial charge < -0.3 is 20.5 Å². The van der Waals surface area contributed by atoms with E-state index in [0.717, 1.165) is 18.5 Å². The van der Waals surface area contributed by atoms with Gasteiger partial charge in [0.15, 0.2) is 0 Å². The molecule has 0 aliphatic carbocycles. The number of unbranched alkanes of at least 4 members (excludes halogenated alkanes) is 2. The Morgan fingerprint density at radius 1 is 1.20 bits per heavy atom. The molecule has 1 rings (SSSR count). The van der Waals surface area contributed by atoms with Crippen LogP contribution < -0.4 is 10.6 Å². The van der Waals surface area contributed by atoms with Crippen LogP contribution in [0.15, 0.2) is 30.3 Å². The van der Waals surface area contributed by atoms with Crippen molar-refractivity contribution in [2.24, 2.45) is 0 Å². The number of alkyl carbamates (subject to hydrolysis) is 1. The van der Waals surface area contributed by atoms with E-state index in [1.165, 1.54) is 12.8 Å². The lowest BCUT2D eigenvalue weighted by Crippen LogP contribution is -2.50. The van der Waals surface area contributed by atoms with E-state index in [0.29, 0.717) is 13.0 Å². The molecular weight excluding hydrogens is 316 g/mol. The first kappa shape index (κ1) is 21.5. The molecule has 1 aromatic carbocycles. The normalized spacial score (nSPS) is 14.0. The fourth-order valence-electron chi connectivity index (χ4n) is 2.50. The molecule has 0 radical (unpaired) electrons. The average molecular weight is 351 g/mol. The van der Waals surface area contributed by atoms with Crippen molar-refractivity contribution in [1.29, 1.82) is 0 Å². The van der Waals surface area contributed by atoms with Crippen molar-refractivity contribution in [3.63, 3.8) is 0 Å². The second kappa shape index (κ2) is 11.1. The first-order valence-corrected chi connectivity index (χ1v) is 9.24. The number of aliphatic hydroxyl groups is 1. The topological polar surface area (TPSA) is 70.6 Å². The fraction of sp³-hybridized carbons (Fsp3) is 0.650. The molecule has 0 fully saturated rings. The predicted octanol–water partition coefficient (Wildman–Crippen LogP) is 3.26. The predicted molar refractivity (Wildman–Crippen MR) is 102 cm³/mol. The van der Waals surface area contributed by atoms with Crippen molar-refractivity contribution in [1.82, 2.24) is 10.6 Å². The van der Waals surface area contributed by atoms with E-state index < -0.39 is 23.8 Å². The Morgan fingerprint density at radius 3 is 2.48 bits per heavy atom. The minimum Gasteiger partial charge on any atom is -0.444 e. The van der Waals surface area contributed by atoms with Gasteiger partial charge in [-0.15, -0.1) is 0 Å². The third kappa shape index (κ3) is 10.1. The number of nitrogens with one attached hydrogen (secondary N) is 2. The maximum atomic E-state index is 12.1. The van der Waals surface area contributed by atoms with E-state index >= 15 is 0 Å². The monoisotopic (exact) mass is 350 g/mol. The summed E-state index contributed by atoms with van der Waals surface area (Å²) < 4.78 is 5.33. The van der Waals surface area contributed by atoms with E-state index in [1.807, 2.05) is 51.1 Å². The molecule has 5 nitrogen and oxygen atoms in total. The molecule has 0 aliphatic rings. The summed E-state index contributed by atoms with van der Waals surface area (Å²) in [5.41, 5.74) is 0.499. The van der Waals surface area contributed by atoms with Gasteiger partial charge in [0, 0.05) is 6.54 Å². The lowest BCUT2D eigenvalue weighted by Gasteiger charge is -2.27. The molecule has 2 atom stereocenters. The van der Waals surface area contributed by atoms with Crippen LogP contribution in [0.2, 0.25) is 0 Å². The molecule has 3 N–H and O–H groups in total. The van der Waals surface area contributed by atoms with Crippen LogP contribution in [0.3, 0.4) is 0 Å². The molecule has 0 heterocycles. The van der Waals surface area contributed by atoms with Crippen molar-refractivity contribution < 1.29 is 14.6 Å². The standard InChI is InChI=1S/C20H34N2O3/c1-5-6-10-13-21-15-18(23)17(14-16-11-8-7-9-12-16)22-19(24)25-20(2,3)4/h7-9,11-12,17-18,21,23H,5-6,10,13-15H2,1-4H3,(H,22,24)/t17-,18+/m0/s1. The van der Waals surface area contributed by atoms with Crippen molar-refractivity contribution in [3.8, 4) is 0 Å². The molecule has 0 bridgehead atoms. The van der Waals surface area contributed by atoms with Gasteiger partial charge in [0.2, 0.25) is 0 Å². The van der Waals surface area contributed by atoms with Crippen LogP contribution in [0.4, 0.5) is 4.79 Å². The zero-order valence-electron chi connectivity index (χ0n) is 16.0. The summed E-state index contributed by atoms with van der Waals surface area (Å²) in [7, 11) is 0. The van der Waals surface area contributed by atoms with Crippen LogP contribution in [0.1, 0.15) is 52.5 Å². The number of aliphatic hydroxyl groups excluding tert-OH is 1. The third-order valence-electron chi connectivity index (χ3n) is 3.78. The highest BCUT2D eigenvalue weighted by atomic mass is 16.6. The molecule has 142 valence electrons. The average Bonchev–Trinajstić information content (AvgIpc) is 2.53. The molecule has 1 amide bonds. The summed E-state index contributed by atoms with van der Waals surface area (Å²) in [5.74, 6) is 0. The maximum Gasteiger partial charge on any atom is 0.407 e. The van der Waals surface area contributed by atoms with Crippen LogP contribution in [0.5, 0.6) is 0 Å². The third-order valence-corrected chi connectivity index (χ3v) is 3.78. The summed E-state index contributed by atoms with van der Waals surface area (Å²) in [6, 6.07) is 9.43. The molecule has 0 unspecified atom stereocenters. The number of benzene rings is 1. The molecule has 0 spiro atoms. The van der Waals surface area contributed by atoms with Gasteiger partial charge in [0.05, 0.1) is 12.1 Å². The zero-order valence-corrected chi connectivity index (χ0v) is 16.0.